The molecule has 3 rings (SSSR count). The lowest BCUT2D eigenvalue weighted by atomic mass is 10.1. The van der Waals surface area contributed by atoms with Crippen molar-refractivity contribution in [2.24, 2.45) is 0 Å². The monoisotopic (exact) mass is 408 g/mol. The van der Waals surface area contributed by atoms with E-state index in [4.69, 9.17) is 16.3 Å². The van der Waals surface area contributed by atoms with Gasteiger partial charge in [0.25, 0.3) is 0 Å². The van der Waals surface area contributed by atoms with Gasteiger partial charge in [-0.25, -0.2) is 4.79 Å². The van der Waals surface area contributed by atoms with Gasteiger partial charge in [0.2, 0.25) is 0 Å². The molecule has 3 aromatic rings. The van der Waals surface area contributed by atoms with E-state index in [1.807, 2.05) is 36.4 Å². The van der Waals surface area contributed by atoms with Crippen molar-refractivity contribution in [2.45, 2.75) is 0 Å². The summed E-state index contributed by atoms with van der Waals surface area (Å²) in [5.41, 5.74) is 0.529. The molecule has 0 saturated heterocycles. The normalized spacial score (nSPS) is 10.6. The predicted octanol–water partition coefficient (Wildman–Crippen LogP) is 5.32. The molecule has 0 unspecified atom stereocenters. The minimum atomic E-state index is -0.374. The average Bonchev–Trinajstić information content (AvgIpc) is 2.50. The quantitative estimate of drug-likeness (QED) is 0.326. The number of esters is 1. The molecule has 104 valence electrons. The molecule has 2 nitrogen and oxygen atoms in total. The van der Waals surface area contributed by atoms with E-state index in [1.54, 1.807) is 24.3 Å². The van der Waals surface area contributed by atoms with Gasteiger partial charge in [-0.05, 0) is 52.9 Å². The van der Waals surface area contributed by atoms with Crippen LogP contribution >= 0.6 is 34.2 Å². The highest BCUT2D eigenvalue weighted by atomic mass is 127. The van der Waals surface area contributed by atoms with Crippen molar-refractivity contribution in [3.8, 4) is 5.75 Å². The third-order valence-corrected chi connectivity index (χ3v) is 4.09. The molecule has 0 atom stereocenters. The third-order valence-electron chi connectivity index (χ3n) is 3.09. The Morgan fingerprint density at radius 1 is 0.952 bits per heavy atom. The Labute approximate surface area is 140 Å². The number of hydrogen-bond acceptors (Lipinski definition) is 2. The summed E-state index contributed by atoms with van der Waals surface area (Å²) < 4.78 is 6.51. The highest BCUT2D eigenvalue weighted by molar-refractivity contribution is 14.1. The first-order valence-corrected chi connectivity index (χ1v) is 7.76. The van der Waals surface area contributed by atoms with E-state index in [-0.39, 0.29) is 5.97 Å². The van der Waals surface area contributed by atoms with Crippen molar-refractivity contribution in [1.29, 1.82) is 0 Å². The number of fused-ring (bicyclic) bond motifs is 1. The van der Waals surface area contributed by atoms with Gasteiger partial charge in [0, 0.05) is 19.4 Å². The van der Waals surface area contributed by atoms with E-state index < -0.39 is 0 Å². The number of hydrogen-bond donors (Lipinski definition) is 0. The van der Waals surface area contributed by atoms with Gasteiger partial charge in [-0.2, -0.15) is 0 Å². The zero-order chi connectivity index (χ0) is 14.8. The Bertz CT molecular complexity index is 830. The minimum Gasteiger partial charge on any atom is -0.422 e. The maximum Gasteiger partial charge on any atom is 0.343 e. The third kappa shape index (κ3) is 3.04. The largest absolute Gasteiger partial charge is 0.422 e. The zero-order valence-corrected chi connectivity index (χ0v) is 13.8. The molecule has 0 aliphatic rings. The van der Waals surface area contributed by atoms with Crippen LogP contribution in [-0.2, 0) is 0 Å². The molecular formula is C17H10ClIO2. The molecule has 3 aromatic carbocycles. The molecular weight excluding hydrogens is 399 g/mol. The van der Waals surface area contributed by atoms with Crippen LogP contribution in [0.2, 0.25) is 5.02 Å². The van der Waals surface area contributed by atoms with E-state index >= 15 is 0 Å². The summed E-state index contributed by atoms with van der Waals surface area (Å²) in [5, 5.41) is 2.33. The van der Waals surface area contributed by atoms with E-state index in [9.17, 15) is 4.79 Å². The standard InChI is InChI=1S/C17H10ClIO2/c18-15-8-9-16(14-7-2-1-6-13(14)15)21-17(20)11-4-3-5-12(19)10-11/h1-10H. The highest BCUT2D eigenvalue weighted by Gasteiger charge is 2.12. The summed E-state index contributed by atoms with van der Waals surface area (Å²) in [7, 11) is 0. The first-order chi connectivity index (χ1) is 10.1. The highest BCUT2D eigenvalue weighted by Crippen LogP contribution is 2.31. The summed E-state index contributed by atoms with van der Waals surface area (Å²) in [4.78, 5) is 12.2. The van der Waals surface area contributed by atoms with Gasteiger partial charge in [-0.3, -0.25) is 0 Å². The molecule has 0 aromatic heterocycles. The molecule has 0 heterocycles. The van der Waals surface area contributed by atoms with Crippen molar-refractivity contribution in [1.82, 2.24) is 0 Å². The predicted molar refractivity (Wildman–Crippen MR) is 93.1 cm³/mol. The van der Waals surface area contributed by atoms with Crippen LogP contribution in [0.5, 0.6) is 5.75 Å². The molecule has 21 heavy (non-hydrogen) atoms. The Hall–Kier alpha value is -1.59. The van der Waals surface area contributed by atoms with Crippen LogP contribution in [0.3, 0.4) is 0 Å². The lowest BCUT2D eigenvalue weighted by Gasteiger charge is -2.09. The minimum absolute atomic E-state index is 0.374. The van der Waals surface area contributed by atoms with Gasteiger partial charge in [0.15, 0.2) is 0 Å². The number of ether oxygens (including phenoxy) is 1. The summed E-state index contributed by atoms with van der Waals surface area (Å²) >= 11 is 8.32. The summed E-state index contributed by atoms with van der Waals surface area (Å²) in [6.45, 7) is 0. The molecule has 4 heteroatoms. The first-order valence-electron chi connectivity index (χ1n) is 6.30. The van der Waals surface area contributed by atoms with Gasteiger partial charge in [0.05, 0.1) is 5.56 Å². The van der Waals surface area contributed by atoms with Crippen LogP contribution < -0.4 is 4.74 Å². The fourth-order valence-electron chi connectivity index (χ4n) is 2.10. The fourth-order valence-corrected chi connectivity index (χ4v) is 2.87. The summed E-state index contributed by atoms with van der Waals surface area (Å²) in [6, 6.07) is 18.3. The molecule has 0 aliphatic heterocycles. The molecule has 0 fully saturated rings. The number of rotatable bonds is 2. The van der Waals surface area contributed by atoms with Crippen LogP contribution in [0.15, 0.2) is 60.7 Å². The lowest BCUT2D eigenvalue weighted by molar-refractivity contribution is 0.0737. The van der Waals surface area contributed by atoms with E-state index in [2.05, 4.69) is 22.6 Å². The first kappa shape index (κ1) is 14.4. The number of benzene rings is 3. The summed E-state index contributed by atoms with van der Waals surface area (Å²) in [6.07, 6.45) is 0. The van der Waals surface area contributed by atoms with E-state index in [1.165, 1.54) is 0 Å². The van der Waals surface area contributed by atoms with Crippen LogP contribution in [0.4, 0.5) is 0 Å². The number of halogens is 2. The second kappa shape index (κ2) is 6.03. The topological polar surface area (TPSA) is 26.3 Å². The van der Waals surface area contributed by atoms with Crippen molar-refractivity contribution >= 4 is 50.9 Å². The Morgan fingerprint density at radius 2 is 1.71 bits per heavy atom. The smallest absolute Gasteiger partial charge is 0.343 e. The van der Waals surface area contributed by atoms with Gasteiger partial charge < -0.3 is 4.74 Å². The SMILES string of the molecule is O=C(Oc1ccc(Cl)c2ccccc12)c1cccc(I)c1. The average molecular weight is 409 g/mol. The molecule has 0 amide bonds. The molecule has 0 aliphatic carbocycles. The molecule has 0 radical (unpaired) electrons. The molecule has 0 N–H and O–H groups in total. The van der Waals surface area contributed by atoms with Crippen molar-refractivity contribution in [2.75, 3.05) is 0 Å². The molecule has 0 spiro atoms. The Balaban J connectivity index is 1.99. The van der Waals surface area contributed by atoms with Crippen LogP contribution in [0, 0.1) is 3.57 Å². The second-order valence-electron chi connectivity index (χ2n) is 4.49. The van der Waals surface area contributed by atoms with E-state index in [0.29, 0.717) is 16.3 Å². The van der Waals surface area contributed by atoms with Crippen LogP contribution in [0.1, 0.15) is 10.4 Å². The Kier molecular flexibility index (Phi) is 4.12. The number of carbonyl (C=O) groups excluding carboxylic acids is 1. The maximum absolute atomic E-state index is 12.2. The van der Waals surface area contributed by atoms with Crippen molar-refractivity contribution in [3.63, 3.8) is 0 Å². The van der Waals surface area contributed by atoms with E-state index in [0.717, 1.165) is 14.3 Å². The van der Waals surface area contributed by atoms with Gasteiger partial charge in [0.1, 0.15) is 5.75 Å². The second-order valence-corrected chi connectivity index (χ2v) is 6.14. The van der Waals surface area contributed by atoms with Crippen LogP contribution in [0.25, 0.3) is 10.8 Å². The van der Waals surface area contributed by atoms with Crippen molar-refractivity contribution in [3.05, 3.63) is 74.8 Å². The molecule has 0 saturated carbocycles. The van der Waals surface area contributed by atoms with Gasteiger partial charge in [-0.1, -0.05) is 41.9 Å². The zero-order valence-electron chi connectivity index (χ0n) is 10.8. The Morgan fingerprint density at radius 3 is 2.48 bits per heavy atom. The van der Waals surface area contributed by atoms with Crippen LogP contribution in [-0.4, -0.2) is 5.97 Å². The van der Waals surface area contributed by atoms with Gasteiger partial charge in [-0.15, -0.1) is 0 Å². The maximum atomic E-state index is 12.2. The lowest BCUT2D eigenvalue weighted by Crippen LogP contribution is -2.08. The van der Waals surface area contributed by atoms with Crippen molar-refractivity contribution < 1.29 is 9.53 Å². The molecule has 0 bridgehead atoms. The van der Waals surface area contributed by atoms with Gasteiger partial charge >= 0.3 is 5.97 Å². The fraction of sp³-hybridized carbons (Fsp3) is 0. The number of carbonyl (C=O) groups is 1. The summed E-state index contributed by atoms with van der Waals surface area (Å²) in [5.74, 6) is 0.139.